The van der Waals surface area contributed by atoms with E-state index in [1.54, 1.807) is 0 Å². The van der Waals surface area contributed by atoms with Crippen LogP contribution in [0.15, 0.2) is 0 Å². The number of hydrogen-bond acceptors (Lipinski definition) is 3. The third kappa shape index (κ3) is 4.64. The van der Waals surface area contributed by atoms with Crippen LogP contribution in [0.1, 0.15) is 40.0 Å². The lowest BCUT2D eigenvalue weighted by molar-refractivity contribution is -0.135. The highest BCUT2D eigenvalue weighted by Crippen LogP contribution is 2.06. The lowest BCUT2D eigenvalue weighted by Crippen LogP contribution is -2.57. The number of nitrogens with one attached hydrogen (secondary N) is 2. The third-order valence-electron chi connectivity index (χ3n) is 3.25. The van der Waals surface area contributed by atoms with E-state index >= 15 is 0 Å². The molecule has 0 radical (unpaired) electrons. The fourth-order valence-electron chi connectivity index (χ4n) is 2.18. The summed E-state index contributed by atoms with van der Waals surface area (Å²) in [6.45, 7) is 9.88. The van der Waals surface area contributed by atoms with Crippen LogP contribution in [-0.4, -0.2) is 49.1 Å². The number of hydrogen-bond donors (Lipinski definition) is 2. The molecule has 1 heterocycles. The zero-order valence-corrected chi connectivity index (χ0v) is 11.5. The molecule has 4 nitrogen and oxygen atoms in total. The minimum Gasteiger partial charge on any atom is -0.339 e. The normalized spacial score (nSPS) is 20.6. The first-order valence-electron chi connectivity index (χ1n) is 6.91. The third-order valence-corrected chi connectivity index (χ3v) is 3.25. The van der Waals surface area contributed by atoms with Crippen LogP contribution in [0.2, 0.25) is 0 Å². The van der Waals surface area contributed by atoms with E-state index in [9.17, 15) is 4.79 Å². The van der Waals surface area contributed by atoms with Gasteiger partial charge in [-0.2, -0.15) is 0 Å². The Bertz CT molecular complexity index is 225. The molecule has 0 spiro atoms. The maximum absolute atomic E-state index is 12.4. The van der Waals surface area contributed by atoms with E-state index in [4.69, 9.17) is 0 Å². The lowest BCUT2D eigenvalue weighted by atomic mass is 10.1. The van der Waals surface area contributed by atoms with Gasteiger partial charge in [0.1, 0.15) is 0 Å². The second kappa shape index (κ2) is 7.67. The Kier molecular flexibility index (Phi) is 6.52. The Morgan fingerprint density at radius 2 is 2.12 bits per heavy atom. The van der Waals surface area contributed by atoms with Crippen molar-refractivity contribution in [1.82, 2.24) is 15.5 Å². The summed E-state index contributed by atoms with van der Waals surface area (Å²) in [4.78, 5) is 14.4. The van der Waals surface area contributed by atoms with E-state index in [1.807, 2.05) is 4.90 Å². The molecule has 1 rings (SSSR count). The molecule has 1 aliphatic heterocycles. The van der Waals surface area contributed by atoms with E-state index in [-0.39, 0.29) is 11.9 Å². The number of nitrogens with zero attached hydrogens (tertiary/aromatic N) is 1. The van der Waals surface area contributed by atoms with E-state index < -0.39 is 0 Å². The first kappa shape index (κ1) is 14.5. The van der Waals surface area contributed by atoms with Crippen LogP contribution in [0.4, 0.5) is 0 Å². The van der Waals surface area contributed by atoms with Gasteiger partial charge in [-0.25, -0.2) is 0 Å². The van der Waals surface area contributed by atoms with E-state index in [1.165, 1.54) is 12.8 Å². The van der Waals surface area contributed by atoms with Gasteiger partial charge in [-0.3, -0.25) is 4.79 Å². The monoisotopic (exact) mass is 241 g/mol. The molecule has 1 fully saturated rings. The molecule has 100 valence electrons. The van der Waals surface area contributed by atoms with Crippen molar-refractivity contribution in [2.45, 2.75) is 52.1 Å². The Morgan fingerprint density at radius 1 is 1.35 bits per heavy atom. The molecule has 0 saturated carbocycles. The second-order valence-corrected chi connectivity index (χ2v) is 5.04. The van der Waals surface area contributed by atoms with E-state index in [0.717, 1.165) is 32.6 Å². The van der Waals surface area contributed by atoms with Gasteiger partial charge in [0, 0.05) is 32.2 Å². The number of carbonyl (C=O) groups excluding carboxylic acids is 1. The summed E-state index contributed by atoms with van der Waals surface area (Å²) in [6.07, 6.45) is 3.51. The molecule has 0 aromatic carbocycles. The molecule has 1 atom stereocenters. The number of carbonyl (C=O) groups is 1. The molecule has 1 unspecified atom stereocenters. The van der Waals surface area contributed by atoms with Crippen LogP contribution in [0, 0.1) is 0 Å². The summed E-state index contributed by atoms with van der Waals surface area (Å²) in [5.74, 6) is 0.253. The summed E-state index contributed by atoms with van der Waals surface area (Å²) in [5, 5.41) is 6.56. The summed E-state index contributed by atoms with van der Waals surface area (Å²) in [6, 6.07) is 0.260. The fraction of sp³-hybridized carbons (Fsp3) is 0.923. The minimum absolute atomic E-state index is 0.0345. The highest BCUT2D eigenvalue weighted by Gasteiger charge is 2.26. The molecule has 0 aliphatic carbocycles. The van der Waals surface area contributed by atoms with Crippen molar-refractivity contribution in [2.75, 3.05) is 26.2 Å². The summed E-state index contributed by atoms with van der Waals surface area (Å²) in [5.41, 5.74) is 0. The molecule has 0 aromatic rings. The van der Waals surface area contributed by atoms with Gasteiger partial charge in [-0.1, -0.05) is 19.8 Å². The van der Waals surface area contributed by atoms with E-state index in [0.29, 0.717) is 6.04 Å². The van der Waals surface area contributed by atoms with Crippen molar-refractivity contribution >= 4 is 5.91 Å². The standard InChI is InChI=1S/C13H27N3O/c1-4-5-6-9-16(11(2)3)13(17)12-10-14-7-8-15-12/h11-12,14-15H,4-10H2,1-3H3. The smallest absolute Gasteiger partial charge is 0.241 e. The zero-order chi connectivity index (χ0) is 12.7. The average molecular weight is 241 g/mol. The Labute approximate surface area is 105 Å². The number of piperazine rings is 1. The molecule has 0 bridgehead atoms. The number of amides is 1. The Hall–Kier alpha value is -0.610. The summed E-state index contributed by atoms with van der Waals surface area (Å²) >= 11 is 0. The van der Waals surface area contributed by atoms with Crippen molar-refractivity contribution < 1.29 is 4.79 Å². The minimum atomic E-state index is -0.0345. The molecular weight excluding hydrogens is 214 g/mol. The quantitative estimate of drug-likeness (QED) is 0.681. The molecular formula is C13H27N3O. The average Bonchev–Trinajstić information content (AvgIpc) is 2.34. The molecule has 2 N–H and O–H groups in total. The van der Waals surface area contributed by atoms with Crippen LogP contribution in [0.5, 0.6) is 0 Å². The van der Waals surface area contributed by atoms with Crippen molar-refractivity contribution in [3.05, 3.63) is 0 Å². The van der Waals surface area contributed by atoms with Crippen molar-refractivity contribution in [1.29, 1.82) is 0 Å². The Morgan fingerprint density at radius 3 is 2.65 bits per heavy atom. The highest BCUT2D eigenvalue weighted by molar-refractivity contribution is 5.82. The van der Waals surface area contributed by atoms with Crippen LogP contribution >= 0.6 is 0 Å². The van der Waals surface area contributed by atoms with Gasteiger partial charge >= 0.3 is 0 Å². The Balaban J connectivity index is 2.46. The van der Waals surface area contributed by atoms with Crippen LogP contribution in [0.3, 0.4) is 0 Å². The highest BCUT2D eigenvalue weighted by atomic mass is 16.2. The largest absolute Gasteiger partial charge is 0.339 e. The van der Waals surface area contributed by atoms with Gasteiger partial charge in [-0.15, -0.1) is 0 Å². The van der Waals surface area contributed by atoms with Crippen molar-refractivity contribution in [3.8, 4) is 0 Å². The van der Waals surface area contributed by atoms with Gasteiger partial charge < -0.3 is 15.5 Å². The topological polar surface area (TPSA) is 44.4 Å². The van der Waals surface area contributed by atoms with Gasteiger partial charge in [0.05, 0.1) is 6.04 Å². The predicted molar refractivity (Wildman–Crippen MR) is 71.0 cm³/mol. The maximum Gasteiger partial charge on any atom is 0.241 e. The van der Waals surface area contributed by atoms with Gasteiger partial charge in [0.15, 0.2) is 0 Å². The van der Waals surface area contributed by atoms with Crippen molar-refractivity contribution in [2.24, 2.45) is 0 Å². The molecule has 4 heteroatoms. The van der Waals surface area contributed by atoms with E-state index in [2.05, 4.69) is 31.4 Å². The summed E-state index contributed by atoms with van der Waals surface area (Å²) in [7, 11) is 0. The molecule has 1 aliphatic rings. The SMILES string of the molecule is CCCCCN(C(=O)C1CNCCN1)C(C)C. The van der Waals surface area contributed by atoms with Gasteiger partial charge in [0.2, 0.25) is 5.91 Å². The van der Waals surface area contributed by atoms with Gasteiger partial charge in [0.25, 0.3) is 0 Å². The van der Waals surface area contributed by atoms with Gasteiger partial charge in [-0.05, 0) is 20.3 Å². The predicted octanol–water partition coefficient (Wildman–Crippen LogP) is 0.975. The second-order valence-electron chi connectivity index (χ2n) is 5.04. The van der Waals surface area contributed by atoms with Crippen LogP contribution < -0.4 is 10.6 Å². The lowest BCUT2D eigenvalue weighted by Gasteiger charge is -2.33. The summed E-state index contributed by atoms with van der Waals surface area (Å²) < 4.78 is 0. The number of rotatable bonds is 6. The molecule has 0 aromatic heterocycles. The van der Waals surface area contributed by atoms with Crippen molar-refractivity contribution in [3.63, 3.8) is 0 Å². The molecule has 1 saturated heterocycles. The fourth-order valence-corrected chi connectivity index (χ4v) is 2.18. The molecule has 1 amide bonds. The van der Waals surface area contributed by atoms with Crippen LogP contribution in [0.25, 0.3) is 0 Å². The number of unbranched alkanes of at least 4 members (excludes halogenated alkanes) is 2. The van der Waals surface area contributed by atoms with Crippen LogP contribution in [-0.2, 0) is 4.79 Å². The maximum atomic E-state index is 12.4. The first-order valence-corrected chi connectivity index (χ1v) is 6.91. The zero-order valence-electron chi connectivity index (χ0n) is 11.5. The molecule has 17 heavy (non-hydrogen) atoms. The first-order chi connectivity index (χ1) is 8.16.